The van der Waals surface area contributed by atoms with E-state index in [4.69, 9.17) is 0 Å². The topological polar surface area (TPSA) is 49.4 Å². The summed E-state index contributed by atoms with van der Waals surface area (Å²) < 4.78 is 0. The molecule has 4 nitrogen and oxygen atoms in total. The molecule has 0 radical (unpaired) electrons. The van der Waals surface area contributed by atoms with Gasteiger partial charge >= 0.3 is 6.03 Å². The Bertz CT molecular complexity index is 450. The fourth-order valence-electron chi connectivity index (χ4n) is 2.41. The molecule has 2 fully saturated rings. The van der Waals surface area contributed by atoms with Gasteiger partial charge in [-0.15, -0.1) is 0 Å². The Hall–Kier alpha value is -1.84. The van der Waals surface area contributed by atoms with Gasteiger partial charge in [0.25, 0.3) is 0 Å². The number of urea groups is 1. The highest BCUT2D eigenvalue weighted by Crippen LogP contribution is 2.35. The standard InChI is InChI=1S/C14H16N2O2/c17-13-8-12(11-6-7-11)15-14(18)16(13)9-10-4-2-1-3-5-10/h1-5,11-12H,6-9H2,(H,15,18). The van der Waals surface area contributed by atoms with E-state index in [1.165, 1.54) is 4.90 Å². The van der Waals surface area contributed by atoms with Crippen molar-refractivity contribution in [3.63, 3.8) is 0 Å². The van der Waals surface area contributed by atoms with Gasteiger partial charge in [-0.05, 0) is 24.3 Å². The highest BCUT2D eigenvalue weighted by Gasteiger charge is 2.40. The lowest BCUT2D eigenvalue weighted by Gasteiger charge is -2.31. The zero-order valence-electron chi connectivity index (χ0n) is 10.1. The van der Waals surface area contributed by atoms with Crippen molar-refractivity contribution in [1.82, 2.24) is 10.2 Å². The quantitative estimate of drug-likeness (QED) is 0.883. The molecule has 3 rings (SSSR count). The Labute approximate surface area is 106 Å². The van der Waals surface area contributed by atoms with Crippen molar-refractivity contribution in [2.24, 2.45) is 5.92 Å². The van der Waals surface area contributed by atoms with Gasteiger partial charge in [-0.2, -0.15) is 0 Å². The zero-order valence-corrected chi connectivity index (χ0v) is 10.1. The Morgan fingerprint density at radius 2 is 1.89 bits per heavy atom. The molecule has 0 spiro atoms. The minimum Gasteiger partial charge on any atom is -0.334 e. The Balaban J connectivity index is 1.69. The predicted molar refractivity (Wildman–Crippen MR) is 66.7 cm³/mol. The summed E-state index contributed by atoms with van der Waals surface area (Å²) >= 11 is 0. The van der Waals surface area contributed by atoms with Crippen LogP contribution < -0.4 is 5.32 Å². The molecule has 1 atom stereocenters. The van der Waals surface area contributed by atoms with Crippen LogP contribution in [-0.2, 0) is 11.3 Å². The highest BCUT2D eigenvalue weighted by atomic mass is 16.2. The molecular weight excluding hydrogens is 228 g/mol. The first-order valence-corrected chi connectivity index (χ1v) is 6.39. The summed E-state index contributed by atoms with van der Waals surface area (Å²) in [6.45, 7) is 0.364. The van der Waals surface area contributed by atoms with E-state index in [-0.39, 0.29) is 18.0 Å². The fraction of sp³-hybridized carbons (Fsp3) is 0.429. The summed E-state index contributed by atoms with van der Waals surface area (Å²) in [6.07, 6.45) is 2.72. The van der Waals surface area contributed by atoms with Crippen LogP contribution in [0.3, 0.4) is 0 Å². The van der Waals surface area contributed by atoms with Gasteiger partial charge < -0.3 is 5.32 Å². The molecule has 18 heavy (non-hydrogen) atoms. The van der Waals surface area contributed by atoms with Crippen LogP contribution in [0.25, 0.3) is 0 Å². The summed E-state index contributed by atoms with van der Waals surface area (Å²) in [5.41, 5.74) is 0.978. The predicted octanol–water partition coefficient (Wildman–Crippen LogP) is 1.91. The summed E-state index contributed by atoms with van der Waals surface area (Å²) in [4.78, 5) is 25.3. The SMILES string of the molecule is O=C1CC(C2CC2)NC(=O)N1Cc1ccccc1. The molecule has 0 bridgehead atoms. The smallest absolute Gasteiger partial charge is 0.324 e. The van der Waals surface area contributed by atoms with E-state index >= 15 is 0 Å². The minimum absolute atomic E-state index is 0.0560. The van der Waals surface area contributed by atoms with Gasteiger partial charge in [0, 0.05) is 12.5 Å². The van der Waals surface area contributed by atoms with Crippen molar-refractivity contribution in [3.8, 4) is 0 Å². The van der Waals surface area contributed by atoms with Gasteiger partial charge in [-0.3, -0.25) is 9.69 Å². The molecule has 3 amide bonds. The molecule has 1 aromatic carbocycles. The van der Waals surface area contributed by atoms with Gasteiger partial charge in [0.05, 0.1) is 6.54 Å². The summed E-state index contributed by atoms with van der Waals surface area (Å²) in [5, 5.41) is 2.95. The number of benzene rings is 1. The third-order valence-electron chi connectivity index (χ3n) is 3.62. The molecule has 1 heterocycles. The fourth-order valence-corrected chi connectivity index (χ4v) is 2.41. The second kappa shape index (κ2) is 4.44. The molecule has 2 aliphatic rings. The molecule has 0 aromatic heterocycles. The van der Waals surface area contributed by atoms with Crippen LogP contribution in [0.5, 0.6) is 0 Å². The van der Waals surface area contributed by atoms with Gasteiger partial charge in [0.2, 0.25) is 5.91 Å². The molecule has 1 saturated heterocycles. The maximum absolute atomic E-state index is 12.0. The van der Waals surface area contributed by atoms with Gasteiger partial charge in [0.15, 0.2) is 0 Å². The third-order valence-corrected chi connectivity index (χ3v) is 3.62. The molecule has 94 valence electrons. The molecular formula is C14H16N2O2. The lowest BCUT2D eigenvalue weighted by atomic mass is 10.1. The van der Waals surface area contributed by atoms with E-state index in [9.17, 15) is 9.59 Å². The largest absolute Gasteiger partial charge is 0.334 e. The number of nitrogens with zero attached hydrogens (tertiary/aromatic N) is 1. The number of imide groups is 1. The molecule has 1 aliphatic carbocycles. The number of carbonyl (C=O) groups is 2. The summed E-state index contributed by atoms with van der Waals surface area (Å²) in [5.74, 6) is 0.469. The average molecular weight is 244 g/mol. The monoisotopic (exact) mass is 244 g/mol. The second-order valence-corrected chi connectivity index (χ2v) is 5.06. The summed E-state index contributed by atoms with van der Waals surface area (Å²) in [6, 6.07) is 9.42. The lowest BCUT2D eigenvalue weighted by Crippen LogP contribution is -2.54. The van der Waals surface area contributed by atoms with E-state index in [0.29, 0.717) is 18.9 Å². The summed E-state index contributed by atoms with van der Waals surface area (Å²) in [7, 11) is 0. The first kappa shape index (κ1) is 11.3. The number of hydrogen-bond donors (Lipinski definition) is 1. The van der Waals surface area contributed by atoms with E-state index in [1.54, 1.807) is 0 Å². The number of amides is 3. The highest BCUT2D eigenvalue weighted by molar-refractivity contribution is 5.97. The van der Waals surface area contributed by atoms with E-state index in [0.717, 1.165) is 18.4 Å². The Morgan fingerprint density at radius 3 is 2.50 bits per heavy atom. The number of carbonyl (C=O) groups excluding carboxylic acids is 2. The van der Waals surface area contributed by atoms with Crippen molar-refractivity contribution in [2.75, 3.05) is 0 Å². The molecule has 1 N–H and O–H groups in total. The molecule has 1 aromatic rings. The van der Waals surface area contributed by atoms with Crippen LogP contribution in [0.15, 0.2) is 30.3 Å². The van der Waals surface area contributed by atoms with Crippen LogP contribution in [0.1, 0.15) is 24.8 Å². The van der Waals surface area contributed by atoms with Crippen LogP contribution in [0.2, 0.25) is 0 Å². The van der Waals surface area contributed by atoms with Gasteiger partial charge in [-0.1, -0.05) is 30.3 Å². The normalized spacial score (nSPS) is 24.0. The first-order valence-electron chi connectivity index (χ1n) is 6.39. The molecule has 1 unspecified atom stereocenters. The van der Waals surface area contributed by atoms with Gasteiger partial charge in [0.1, 0.15) is 0 Å². The third kappa shape index (κ3) is 2.23. The second-order valence-electron chi connectivity index (χ2n) is 5.06. The minimum atomic E-state index is -0.244. The Kier molecular flexibility index (Phi) is 2.78. The number of rotatable bonds is 3. The van der Waals surface area contributed by atoms with Crippen molar-refractivity contribution in [1.29, 1.82) is 0 Å². The molecule has 4 heteroatoms. The van der Waals surface area contributed by atoms with Crippen molar-refractivity contribution >= 4 is 11.9 Å². The Morgan fingerprint density at radius 1 is 1.17 bits per heavy atom. The van der Waals surface area contributed by atoms with Crippen molar-refractivity contribution in [3.05, 3.63) is 35.9 Å². The van der Waals surface area contributed by atoms with Crippen LogP contribution in [0, 0.1) is 5.92 Å². The average Bonchev–Trinajstić information content (AvgIpc) is 3.19. The van der Waals surface area contributed by atoms with Crippen molar-refractivity contribution in [2.45, 2.75) is 31.8 Å². The number of hydrogen-bond acceptors (Lipinski definition) is 2. The van der Waals surface area contributed by atoms with Gasteiger partial charge in [-0.25, -0.2) is 4.79 Å². The van der Waals surface area contributed by atoms with E-state index in [2.05, 4.69) is 5.32 Å². The number of nitrogens with one attached hydrogen (secondary N) is 1. The molecule has 1 saturated carbocycles. The zero-order chi connectivity index (χ0) is 12.5. The maximum Gasteiger partial charge on any atom is 0.324 e. The molecule has 1 aliphatic heterocycles. The van der Waals surface area contributed by atoms with E-state index < -0.39 is 0 Å². The lowest BCUT2D eigenvalue weighted by molar-refractivity contribution is -0.130. The maximum atomic E-state index is 12.0. The van der Waals surface area contributed by atoms with Crippen LogP contribution >= 0.6 is 0 Å². The van der Waals surface area contributed by atoms with E-state index in [1.807, 2.05) is 30.3 Å². The van der Waals surface area contributed by atoms with Crippen LogP contribution in [0.4, 0.5) is 4.79 Å². The first-order chi connectivity index (χ1) is 8.74. The van der Waals surface area contributed by atoms with Crippen molar-refractivity contribution < 1.29 is 9.59 Å². The van der Waals surface area contributed by atoms with Crippen LogP contribution in [-0.4, -0.2) is 22.9 Å².